The Morgan fingerprint density at radius 3 is 2.57 bits per heavy atom. The van der Waals surface area contributed by atoms with Crippen LogP contribution < -0.4 is 15.2 Å². The van der Waals surface area contributed by atoms with Gasteiger partial charge in [0.15, 0.2) is 0 Å². The van der Waals surface area contributed by atoms with Gasteiger partial charge in [0.05, 0.1) is 20.8 Å². The SMILES string of the molecule is CCOC(=O)CC(C)CC(N)c1ccc(OC)cc1OC. The molecule has 0 saturated carbocycles. The first-order chi connectivity index (χ1) is 10.0. The van der Waals surface area contributed by atoms with Gasteiger partial charge in [0, 0.05) is 24.1 Å². The fourth-order valence-corrected chi connectivity index (χ4v) is 2.27. The summed E-state index contributed by atoms with van der Waals surface area (Å²) in [5, 5.41) is 0. The summed E-state index contributed by atoms with van der Waals surface area (Å²) >= 11 is 0. The lowest BCUT2D eigenvalue weighted by molar-refractivity contribution is -0.144. The fraction of sp³-hybridized carbons (Fsp3) is 0.562. The minimum atomic E-state index is -0.199. The number of hydrogen-bond acceptors (Lipinski definition) is 5. The maximum Gasteiger partial charge on any atom is 0.306 e. The zero-order chi connectivity index (χ0) is 15.8. The van der Waals surface area contributed by atoms with Crippen LogP contribution in [0, 0.1) is 5.92 Å². The first-order valence-corrected chi connectivity index (χ1v) is 7.14. The Hall–Kier alpha value is -1.75. The van der Waals surface area contributed by atoms with Crippen LogP contribution in [0.4, 0.5) is 0 Å². The highest BCUT2D eigenvalue weighted by molar-refractivity contribution is 5.69. The van der Waals surface area contributed by atoms with E-state index in [1.807, 2.05) is 25.1 Å². The lowest BCUT2D eigenvalue weighted by Crippen LogP contribution is -2.18. The lowest BCUT2D eigenvalue weighted by atomic mass is 9.94. The average molecular weight is 295 g/mol. The van der Waals surface area contributed by atoms with E-state index in [1.54, 1.807) is 21.1 Å². The van der Waals surface area contributed by atoms with Gasteiger partial charge < -0.3 is 19.9 Å². The monoisotopic (exact) mass is 295 g/mol. The van der Waals surface area contributed by atoms with Gasteiger partial charge in [0.1, 0.15) is 11.5 Å². The molecule has 0 aliphatic rings. The van der Waals surface area contributed by atoms with Gasteiger partial charge in [-0.05, 0) is 25.3 Å². The first kappa shape index (κ1) is 17.3. The van der Waals surface area contributed by atoms with Crippen LogP contribution in [0.2, 0.25) is 0 Å². The highest BCUT2D eigenvalue weighted by Gasteiger charge is 2.18. The molecule has 2 N–H and O–H groups in total. The Kier molecular flexibility index (Phi) is 7.02. The van der Waals surface area contributed by atoms with Crippen molar-refractivity contribution in [2.45, 2.75) is 32.7 Å². The van der Waals surface area contributed by atoms with Gasteiger partial charge in [0.2, 0.25) is 0 Å². The number of rotatable bonds is 8. The highest BCUT2D eigenvalue weighted by atomic mass is 16.5. The van der Waals surface area contributed by atoms with E-state index in [2.05, 4.69) is 0 Å². The van der Waals surface area contributed by atoms with E-state index in [9.17, 15) is 4.79 Å². The van der Waals surface area contributed by atoms with Crippen LogP contribution in [-0.4, -0.2) is 26.8 Å². The number of benzene rings is 1. The molecule has 2 unspecified atom stereocenters. The number of methoxy groups -OCH3 is 2. The first-order valence-electron chi connectivity index (χ1n) is 7.14. The Morgan fingerprint density at radius 1 is 1.29 bits per heavy atom. The third kappa shape index (κ3) is 5.27. The molecule has 1 aromatic rings. The van der Waals surface area contributed by atoms with Crippen LogP contribution in [0.3, 0.4) is 0 Å². The van der Waals surface area contributed by atoms with Crippen molar-refractivity contribution in [3.63, 3.8) is 0 Å². The predicted octanol–water partition coefficient (Wildman–Crippen LogP) is 2.68. The van der Waals surface area contributed by atoms with E-state index in [1.165, 1.54) is 0 Å². The molecule has 1 rings (SSSR count). The van der Waals surface area contributed by atoms with Gasteiger partial charge in [-0.25, -0.2) is 0 Å². The van der Waals surface area contributed by atoms with Crippen LogP contribution in [0.15, 0.2) is 18.2 Å². The van der Waals surface area contributed by atoms with Crippen LogP contribution in [0.1, 0.15) is 38.3 Å². The summed E-state index contributed by atoms with van der Waals surface area (Å²) in [5.74, 6) is 1.39. The molecule has 118 valence electrons. The van der Waals surface area contributed by atoms with Gasteiger partial charge in [-0.3, -0.25) is 4.79 Å². The number of esters is 1. The molecule has 0 aromatic heterocycles. The molecule has 0 radical (unpaired) electrons. The van der Waals surface area contributed by atoms with Crippen LogP contribution >= 0.6 is 0 Å². The number of carbonyl (C=O) groups excluding carboxylic acids is 1. The quantitative estimate of drug-likeness (QED) is 0.747. The topological polar surface area (TPSA) is 70.8 Å². The summed E-state index contributed by atoms with van der Waals surface area (Å²) < 4.78 is 15.5. The molecule has 21 heavy (non-hydrogen) atoms. The van der Waals surface area contributed by atoms with Crippen molar-refractivity contribution >= 4 is 5.97 Å². The van der Waals surface area contributed by atoms with E-state index < -0.39 is 0 Å². The van der Waals surface area contributed by atoms with Gasteiger partial charge in [-0.15, -0.1) is 0 Å². The maximum absolute atomic E-state index is 11.5. The summed E-state index contributed by atoms with van der Waals surface area (Å²) in [4.78, 5) is 11.5. The van der Waals surface area contributed by atoms with Crippen molar-refractivity contribution in [3.8, 4) is 11.5 Å². The largest absolute Gasteiger partial charge is 0.497 e. The van der Waals surface area contributed by atoms with Crippen molar-refractivity contribution in [2.75, 3.05) is 20.8 Å². The fourth-order valence-electron chi connectivity index (χ4n) is 2.27. The smallest absolute Gasteiger partial charge is 0.306 e. The summed E-state index contributed by atoms with van der Waals surface area (Å²) in [6.07, 6.45) is 1.06. The summed E-state index contributed by atoms with van der Waals surface area (Å²) in [6.45, 7) is 4.20. The van der Waals surface area contributed by atoms with E-state index in [0.717, 1.165) is 11.3 Å². The second kappa shape index (κ2) is 8.52. The molecular weight excluding hydrogens is 270 g/mol. The minimum absolute atomic E-state index is 0.144. The Labute approximate surface area is 126 Å². The number of ether oxygens (including phenoxy) is 3. The molecule has 0 heterocycles. The number of nitrogens with two attached hydrogens (primary N) is 1. The molecule has 2 atom stereocenters. The molecule has 1 aromatic carbocycles. The minimum Gasteiger partial charge on any atom is -0.497 e. The molecule has 0 spiro atoms. The van der Waals surface area contributed by atoms with Gasteiger partial charge in [-0.1, -0.05) is 13.0 Å². The molecule has 5 heteroatoms. The van der Waals surface area contributed by atoms with Gasteiger partial charge >= 0.3 is 5.97 Å². The Morgan fingerprint density at radius 2 is 2.00 bits per heavy atom. The molecule has 0 fully saturated rings. The zero-order valence-corrected chi connectivity index (χ0v) is 13.2. The van der Waals surface area contributed by atoms with E-state index >= 15 is 0 Å². The van der Waals surface area contributed by atoms with Crippen LogP contribution in [0.25, 0.3) is 0 Å². The molecule has 0 amide bonds. The standard InChI is InChI=1S/C16H25NO4/c1-5-21-16(18)9-11(2)8-14(17)13-7-6-12(19-3)10-15(13)20-4/h6-7,10-11,14H,5,8-9,17H2,1-4H3. The van der Waals surface area contributed by atoms with Crippen LogP contribution in [-0.2, 0) is 9.53 Å². The molecule has 0 saturated heterocycles. The van der Waals surface area contributed by atoms with Crippen molar-refractivity contribution in [1.29, 1.82) is 0 Å². The second-order valence-corrected chi connectivity index (χ2v) is 5.06. The van der Waals surface area contributed by atoms with Crippen molar-refractivity contribution in [2.24, 2.45) is 11.7 Å². The summed E-state index contributed by atoms with van der Waals surface area (Å²) in [5.41, 5.74) is 7.15. The third-order valence-corrected chi connectivity index (χ3v) is 3.32. The third-order valence-electron chi connectivity index (χ3n) is 3.32. The number of carbonyl (C=O) groups is 1. The summed E-state index contributed by atoms with van der Waals surface area (Å²) in [6, 6.07) is 5.37. The molecule has 0 bridgehead atoms. The molecular formula is C16H25NO4. The zero-order valence-electron chi connectivity index (χ0n) is 13.2. The second-order valence-electron chi connectivity index (χ2n) is 5.06. The summed E-state index contributed by atoms with van der Waals surface area (Å²) in [7, 11) is 3.21. The Bertz CT molecular complexity index is 462. The van der Waals surface area contributed by atoms with E-state index in [0.29, 0.717) is 25.2 Å². The average Bonchev–Trinajstić information content (AvgIpc) is 2.46. The van der Waals surface area contributed by atoms with Crippen molar-refractivity contribution in [1.82, 2.24) is 0 Å². The normalized spacial score (nSPS) is 13.4. The molecule has 5 nitrogen and oxygen atoms in total. The van der Waals surface area contributed by atoms with E-state index in [4.69, 9.17) is 19.9 Å². The van der Waals surface area contributed by atoms with E-state index in [-0.39, 0.29) is 17.9 Å². The van der Waals surface area contributed by atoms with Gasteiger partial charge in [-0.2, -0.15) is 0 Å². The Balaban J connectivity index is 2.70. The molecule has 0 aliphatic carbocycles. The lowest BCUT2D eigenvalue weighted by Gasteiger charge is -2.19. The van der Waals surface area contributed by atoms with Crippen molar-refractivity contribution in [3.05, 3.63) is 23.8 Å². The van der Waals surface area contributed by atoms with Crippen LogP contribution in [0.5, 0.6) is 11.5 Å². The van der Waals surface area contributed by atoms with Gasteiger partial charge in [0.25, 0.3) is 0 Å². The maximum atomic E-state index is 11.5. The molecule has 0 aliphatic heterocycles. The predicted molar refractivity (Wildman–Crippen MR) is 81.5 cm³/mol. The highest BCUT2D eigenvalue weighted by Crippen LogP contribution is 2.31. The van der Waals surface area contributed by atoms with Crippen molar-refractivity contribution < 1.29 is 19.0 Å². The number of hydrogen-bond donors (Lipinski definition) is 1.